The van der Waals surface area contributed by atoms with Crippen molar-refractivity contribution in [3.8, 4) is 0 Å². The lowest BCUT2D eigenvalue weighted by Gasteiger charge is -2.39. The van der Waals surface area contributed by atoms with Gasteiger partial charge in [0.2, 0.25) is 0 Å². The predicted octanol–water partition coefficient (Wildman–Crippen LogP) is 4.58. The van der Waals surface area contributed by atoms with Crippen molar-refractivity contribution >= 4 is 29.1 Å². The molecule has 3 heterocycles. The second-order valence-corrected chi connectivity index (χ2v) is 8.03. The van der Waals surface area contributed by atoms with E-state index in [-0.39, 0.29) is 17.1 Å². The number of nitrogens with one attached hydrogen (secondary N) is 1. The largest absolute Gasteiger partial charge is 0.475 e. The molecule has 0 bridgehead atoms. The van der Waals surface area contributed by atoms with E-state index in [0.717, 1.165) is 23.3 Å². The zero-order valence-corrected chi connectivity index (χ0v) is 16.5. The van der Waals surface area contributed by atoms with E-state index in [1.54, 1.807) is 18.2 Å². The van der Waals surface area contributed by atoms with E-state index in [2.05, 4.69) is 10.5 Å². The molecule has 1 spiro atoms. The van der Waals surface area contributed by atoms with Gasteiger partial charge >= 0.3 is 12.0 Å². The lowest BCUT2D eigenvalue weighted by molar-refractivity contribution is -0.352. The number of fused-ring (bicyclic) bond motifs is 2. The van der Waals surface area contributed by atoms with E-state index < -0.39 is 33.4 Å². The number of benzene rings is 2. The van der Waals surface area contributed by atoms with E-state index in [0.29, 0.717) is 19.7 Å². The monoisotopic (exact) mass is 462 g/mol. The van der Waals surface area contributed by atoms with Crippen LogP contribution < -0.4 is 5.32 Å². The second-order valence-electron chi connectivity index (χ2n) is 7.22. The molecule has 0 radical (unpaired) electrons. The summed E-state index contributed by atoms with van der Waals surface area (Å²) >= 11 is 11.4. The van der Waals surface area contributed by atoms with Gasteiger partial charge in [0.25, 0.3) is 5.90 Å². The molecule has 1 saturated heterocycles. The van der Waals surface area contributed by atoms with E-state index in [4.69, 9.17) is 37.5 Å². The number of hydrogen-bond donors (Lipinski definition) is 1. The Morgan fingerprint density at radius 3 is 2.37 bits per heavy atom. The third kappa shape index (κ3) is 2.72. The van der Waals surface area contributed by atoms with E-state index in [1.165, 1.54) is 0 Å². The Bertz CT molecular complexity index is 1060. The summed E-state index contributed by atoms with van der Waals surface area (Å²) in [6.07, 6.45) is -5.07. The van der Waals surface area contributed by atoms with Crippen LogP contribution in [0.1, 0.15) is 22.3 Å². The van der Waals surface area contributed by atoms with Crippen molar-refractivity contribution in [3.05, 3.63) is 68.4 Å². The van der Waals surface area contributed by atoms with E-state index in [1.807, 2.05) is 0 Å². The molecule has 2 aromatic rings. The van der Waals surface area contributed by atoms with Crippen LogP contribution in [0.4, 0.5) is 17.6 Å². The van der Waals surface area contributed by atoms with Crippen LogP contribution in [-0.2, 0) is 32.3 Å². The Morgan fingerprint density at radius 1 is 1.07 bits per heavy atom. The first-order valence-corrected chi connectivity index (χ1v) is 9.56. The zero-order valence-electron chi connectivity index (χ0n) is 14.9. The Labute approximate surface area is 177 Å². The first-order chi connectivity index (χ1) is 14.2. The van der Waals surface area contributed by atoms with Crippen molar-refractivity contribution in [3.63, 3.8) is 0 Å². The summed E-state index contributed by atoms with van der Waals surface area (Å²) in [5, 5.41) is 5.47. The van der Waals surface area contributed by atoms with Gasteiger partial charge in [-0.15, -0.1) is 0 Å². The van der Waals surface area contributed by atoms with E-state index >= 15 is 0 Å². The SMILES string of the molecule is Fc1c(Cl)cc(C2(C(F)(F)F)ON=C(c3ccc4c(c3)COC43CNC3)O2)cc1Cl. The fourth-order valence-corrected chi connectivity index (χ4v) is 4.24. The molecule has 3 aliphatic heterocycles. The maximum atomic E-state index is 14.0. The minimum atomic E-state index is -5.07. The number of halogens is 6. The van der Waals surface area contributed by atoms with Gasteiger partial charge in [0.1, 0.15) is 5.60 Å². The molecule has 0 aromatic heterocycles. The standard InChI is InChI=1S/C19H12Cl2F4N2O3/c20-13-4-11(5-14(21)15(13)22)18(19(23,24)25)29-16(27-30-18)9-1-2-12-10(3-9)6-28-17(12)7-26-8-17/h1-5,26H,6-8H2. The van der Waals surface area contributed by atoms with Crippen LogP contribution in [0, 0.1) is 5.82 Å². The maximum Gasteiger partial charge on any atom is 0.475 e. The van der Waals surface area contributed by atoms with Crippen LogP contribution >= 0.6 is 23.2 Å². The second kappa shape index (κ2) is 6.46. The molecule has 11 heteroatoms. The minimum absolute atomic E-state index is 0.284. The summed E-state index contributed by atoms with van der Waals surface area (Å²) in [5.74, 6) is -4.73. The lowest BCUT2D eigenvalue weighted by atomic mass is 9.86. The molecule has 30 heavy (non-hydrogen) atoms. The summed E-state index contributed by atoms with van der Waals surface area (Å²) in [4.78, 5) is 4.76. The minimum Gasteiger partial charge on any atom is -0.419 e. The molecular formula is C19H12Cl2F4N2O3. The molecule has 0 amide bonds. The summed E-state index contributed by atoms with van der Waals surface area (Å²) in [6.45, 7) is 1.67. The normalized spacial score (nSPS) is 24.1. The first-order valence-electron chi connectivity index (χ1n) is 8.81. The Balaban J connectivity index is 1.51. The van der Waals surface area contributed by atoms with Gasteiger partial charge in [-0.25, -0.2) is 4.39 Å². The number of ether oxygens (including phenoxy) is 2. The van der Waals surface area contributed by atoms with Gasteiger partial charge in [0, 0.05) is 18.7 Å². The van der Waals surface area contributed by atoms with Crippen molar-refractivity contribution < 1.29 is 31.9 Å². The molecule has 0 saturated carbocycles. The Morgan fingerprint density at radius 2 is 1.77 bits per heavy atom. The molecular weight excluding hydrogens is 451 g/mol. The molecule has 158 valence electrons. The summed E-state index contributed by atoms with van der Waals surface area (Å²) in [5.41, 5.74) is 1.07. The number of rotatable bonds is 2. The number of oxime groups is 1. The first kappa shape index (κ1) is 19.9. The van der Waals surface area contributed by atoms with Crippen molar-refractivity contribution in [1.29, 1.82) is 0 Å². The highest BCUT2D eigenvalue weighted by atomic mass is 35.5. The topological polar surface area (TPSA) is 52.1 Å². The molecule has 0 aliphatic carbocycles. The molecule has 1 fully saturated rings. The predicted molar refractivity (Wildman–Crippen MR) is 98.6 cm³/mol. The maximum absolute atomic E-state index is 14.0. The lowest BCUT2D eigenvalue weighted by Crippen LogP contribution is -2.56. The van der Waals surface area contributed by atoms with Gasteiger partial charge in [0.15, 0.2) is 5.82 Å². The summed E-state index contributed by atoms with van der Waals surface area (Å²) in [6, 6.07) is 6.52. The molecule has 5 nitrogen and oxygen atoms in total. The van der Waals surface area contributed by atoms with Crippen LogP contribution in [0.3, 0.4) is 0 Å². The van der Waals surface area contributed by atoms with Crippen molar-refractivity contribution in [1.82, 2.24) is 5.32 Å². The van der Waals surface area contributed by atoms with Crippen LogP contribution in [0.5, 0.6) is 0 Å². The highest BCUT2D eigenvalue weighted by molar-refractivity contribution is 6.35. The number of nitrogens with zero attached hydrogens (tertiary/aromatic N) is 1. The molecule has 2 aromatic carbocycles. The van der Waals surface area contributed by atoms with Gasteiger partial charge in [-0.1, -0.05) is 29.3 Å². The summed E-state index contributed by atoms with van der Waals surface area (Å²) < 4.78 is 66.8. The van der Waals surface area contributed by atoms with Crippen LogP contribution in [0.25, 0.3) is 0 Å². The van der Waals surface area contributed by atoms with E-state index in [9.17, 15) is 17.6 Å². The highest BCUT2D eigenvalue weighted by Gasteiger charge is 2.66. The van der Waals surface area contributed by atoms with Crippen LogP contribution in [-0.4, -0.2) is 25.2 Å². The average molecular weight is 463 g/mol. The van der Waals surface area contributed by atoms with Crippen LogP contribution in [0.15, 0.2) is 35.5 Å². The molecule has 1 atom stereocenters. The number of alkyl halides is 3. The smallest absolute Gasteiger partial charge is 0.419 e. The fraction of sp³-hybridized carbons (Fsp3) is 0.316. The van der Waals surface area contributed by atoms with Crippen molar-refractivity contribution in [2.75, 3.05) is 13.1 Å². The molecule has 3 aliphatic rings. The third-order valence-electron chi connectivity index (χ3n) is 5.40. The average Bonchev–Trinajstić information content (AvgIpc) is 3.27. The van der Waals surface area contributed by atoms with Gasteiger partial charge in [-0.2, -0.15) is 13.2 Å². The molecule has 5 rings (SSSR count). The third-order valence-corrected chi connectivity index (χ3v) is 5.95. The molecule has 1 unspecified atom stereocenters. The van der Waals surface area contributed by atoms with Crippen molar-refractivity contribution in [2.24, 2.45) is 5.16 Å². The molecule has 1 N–H and O–H groups in total. The van der Waals surface area contributed by atoms with Gasteiger partial charge in [-0.05, 0) is 40.5 Å². The van der Waals surface area contributed by atoms with Gasteiger partial charge in [-0.3, -0.25) is 0 Å². The number of hydrogen-bond acceptors (Lipinski definition) is 5. The quantitative estimate of drug-likeness (QED) is 0.524. The Kier molecular flexibility index (Phi) is 4.28. The summed E-state index contributed by atoms with van der Waals surface area (Å²) in [7, 11) is 0. The van der Waals surface area contributed by atoms with Gasteiger partial charge < -0.3 is 19.6 Å². The van der Waals surface area contributed by atoms with Crippen LogP contribution in [0.2, 0.25) is 10.0 Å². The zero-order chi connectivity index (χ0) is 21.3. The fourth-order valence-electron chi connectivity index (χ4n) is 3.75. The van der Waals surface area contributed by atoms with Gasteiger partial charge in [0.05, 0.1) is 22.2 Å². The highest BCUT2D eigenvalue weighted by Crippen LogP contribution is 2.49. The Hall–Kier alpha value is -2.07. The van der Waals surface area contributed by atoms with Crippen molar-refractivity contribution in [2.45, 2.75) is 24.2 Å².